The van der Waals surface area contributed by atoms with E-state index in [9.17, 15) is 10.1 Å². The molecule has 18 heavy (non-hydrogen) atoms. The minimum Gasteiger partial charge on any atom is -0.362 e. The van der Waals surface area contributed by atoms with E-state index in [2.05, 4.69) is 38.2 Å². The Morgan fingerprint density at radius 2 is 2.22 bits per heavy atom. The molecule has 0 unspecified atom stereocenters. The fourth-order valence-corrected chi connectivity index (χ4v) is 2.34. The van der Waals surface area contributed by atoms with Crippen LogP contribution < -0.4 is 5.32 Å². The molecule has 0 atom stereocenters. The van der Waals surface area contributed by atoms with E-state index in [-0.39, 0.29) is 11.7 Å². The number of aromatic nitrogens is 1. The van der Waals surface area contributed by atoms with Gasteiger partial charge in [-0.15, -0.1) is 0 Å². The highest BCUT2D eigenvalue weighted by Crippen LogP contribution is 2.27. The summed E-state index contributed by atoms with van der Waals surface area (Å²) in [5.41, 5.74) is 0.0169. The molecular formula is C11H15BrN4O2. The van der Waals surface area contributed by atoms with Crippen molar-refractivity contribution < 1.29 is 4.92 Å². The molecular weight excluding hydrogens is 300 g/mol. The van der Waals surface area contributed by atoms with Crippen molar-refractivity contribution in [3.63, 3.8) is 0 Å². The standard InChI is InChI=1S/C11H15BrN4O2/c1-15-4-2-9(3-5-15)14-11-10(16(17)18)6-8(12)7-13-11/h6-7,9H,2-5H2,1H3,(H,13,14). The fraction of sp³-hybridized carbons (Fsp3) is 0.545. The lowest BCUT2D eigenvalue weighted by Gasteiger charge is -2.29. The van der Waals surface area contributed by atoms with Crippen LogP contribution in [0.4, 0.5) is 11.5 Å². The van der Waals surface area contributed by atoms with Crippen molar-refractivity contribution in [3.05, 3.63) is 26.9 Å². The number of pyridine rings is 1. The van der Waals surface area contributed by atoms with Crippen LogP contribution in [0.15, 0.2) is 16.7 Å². The third-order valence-corrected chi connectivity index (χ3v) is 3.52. The summed E-state index contributed by atoms with van der Waals surface area (Å²) < 4.78 is 0.614. The van der Waals surface area contributed by atoms with Gasteiger partial charge in [-0.05, 0) is 48.9 Å². The maximum absolute atomic E-state index is 11.0. The van der Waals surface area contributed by atoms with Gasteiger partial charge in [-0.2, -0.15) is 0 Å². The molecule has 0 saturated carbocycles. The van der Waals surface area contributed by atoms with Gasteiger partial charge in [0, 0.05) is 22.8 Å². The molecule has 7 heteroatoms. The Hall–Kier alpha value is -1.21. The number of halogens is 1. The molecule has 98 valence electrons. The number of likely N-dealkylation sites (tertiary alicyclic amines) is 1. The molecule has 0 aromatic carbocycles. The van der Waals surface area contributed by atoms with Crippen molar-refractivity contribution >= 4 is 27.4 Å². The number of hydrogen-bond donors (Lipinski definition) is 1. The van der Waals surface area contributed by atoms with Crippen LogP contribution >= 0.6 is 15.9 Å². The third kappa shape index (κ3) is 3.17. The average Bonchev–Trinajstić information content (AvgIpc) is 2.34. The van der Waals surface area contributed by atoms with Crippen LogP contribution in [0, 0.1) is 10.1 Å². The minimum absolute atomic E-state index is 0.0169. The summed E-state index contributed by atoms with van der Waals surface area (Å²) in [6.07, 6.45) is 3.53. The first-order valence-electron chi connectivity index (χ1n) is 5.81. The molecule has 0 aliphatic carbocycles. The molecule has 6 nitrogen and oxygen atoms in total. The Labute approximate surface area is 114 Å². The minimum atomic E-state index is -0.408. The number of hydrogen-bond acceptors (Lipinski definition) is 5. The predicted octanol–water partition coefficient (Wildman–Crippen LogP) is 2.26. The van der Waals surface area contributed by atoms with Crippen LogP contribution in [0.2, 0.25) is 0 Å². The summed E-state index contributed by atoms with van der Waals surface area (Å²) in [4.78, 5) is 16.9. The summed E-state index contributed by atoms with van der Waals surface area (Å²) in [5.74, 6) is 0.359. The van der Waals surface area contributed by atoms with Gasteiger partial charge in [-0.25, -0.2) is 4.98 Å². The van der Waals surface area contributed by atoms with Gasteiger partial charge in [0.2, 0.25) is 5.82 Å². The molecule has 0 radical (unpaired) electrons. The maximum atomic E-state index is 11.0. The summed E-state index contributed by atoms with van der Waals surface area (Å²) in [5, 5.41) is 14.1. The van der Waals surface area contributed by atoms with Crippen LogP contribution in [-0.2, 0) is 0 Å². The SMILES string of the molecule is CN1CCC(Nc2ncc(Br)cc2[N+](=O)[O-])CC1. The maximum Gasteiger partial charge on any atom is 0.312 e. The van der Waals surface area contributed by atoms with Crippen LogP contribution in [0.3, 0.4) is 0 Å². The van der Waals surface area contributed by atoms with Gasteiger partial charge in [0.25, 0.3) is 0 Å². The molecule has 1 aromatic heterocycles. The lowest BCUT2D eigenvalue weighted by atomic mass is 10.1. The number of nitrogens with zero attached hydrogens (tertiary/aromatic N) is 3. The van der Waals surface area contributed by atoms with Crippen LogP contribution in [0.1, 0.15) is 12.8 Å². The molecule has 0 bridgehead atoms. The van der Waals surface area contributed by atoms with Crippen molar-refractivity contribution in [1.82, 2.24) is 9.88 Å². The van der Waals surface area contributed by atoms with E-state index in [0.717, 1.165) is 25.9 Å². The Kier molecular flexibility index (Phi) is 4.13. The number of nitro groups is 1. The Balaban J connectivity index is 2.11. The van der Waals surface area contributed by atoms with Gasteiger partial charge in [0.15, 0.2) is 0 Å². The molecule has 1 N–H and O–H groups in total. The molecule has 0 spiro atoms. The zero-order valence-electron chi connectivity index (χ0n) is 10.1. The van der Waals surface area contributed by atoms with E-state index in [1.54, 1.807) is 6.20 Å². The highest BCUT2D eigenvalue weighted by molar-refractivity contribution is 9.10. The van der Waals surface area contributed by atoms with Gasteiger partial charge in [0.1, 0.15) is 0 Å². The smallest absolute Gasteiger partial charge is 0.312 e. The fourth-order valence-electron chi connectivity index (χ4n) is 2.03. The van der Waals surface area contributed by atoms with Gasteiger partial charge < -0.3 is 10.2 Å². The molecule has 0 amide bonds. The van der Waals surface area contributed by atoms with E-state index in [4.69, 9.17) is 0 Å². The summed E-state index contributed by atoms with van der Waals surface area (Å²) in [7, 11) is 2.08. The predicted molar refractivity (Wildman–Crippen MR) is 72.7 cm³/mol. The highest BCUT2D eigenvalue weighted by Gasteiger charge is 2.21. The Bertz CT molecular complexity index is 447. The monoisotopic (exact) mass is 314 g/mol. The molecule has 1 fully saturated rings. The van der Waals surface area contributed by atoms with Crippen LogP contribution in [-0.4, -0.2) is 41.0 Å². The number of nitrogens with one attached hydrogen (secondary N) is 1. The van der Waals surface area contributed by atoms with Gasteiger partial charge in [0.05, 0.1) is 4.92 Å². The normalized spacial score (nSPS) is 17.7. The first-order valence-corrected chi connectivity index (χ1v) is 6.60. The number of rotatable bonds is 3. The zero-order chi connectivity index (χ0) is 13.1. The van der Waals surface area contributed by atoms with E-state index in [1.807, 2.05) is 0 Å². The molecule has 1 aromatic rings. The second-order valence-electron chi connectivity index (χ2n) is 4.50. The first kappa shape index (κ1) is 13.2. The Morgan fingerprint density at radius 1 is 1.56 bits per heavy atom. The molecule has 1 saturated heterocycles. The second kappa shape index (κ2) is 5.62. The van der Waals surface area contributed by atoms with Gasteiger partial charge in [-0.3, -0.25) is 10.1 Å². The van der Waals surface area contributed by atoms with E-state index in [0.29, 0.717) is 10.3 Å². The first-order chi connectivity index (χ1) is 8.56. The number of piperidine rings is 1. The Morgan fingerprint density at radius 3 is 2.83 bits per heavy atom. The molecule has 2 heterocycles. The zero-order valence-corrected chi connectivity index (χ0v) is 11.7. The lowest BCUT2D eigenvalue weighted by Crippen LogP contribution is -2.37. The lowest BCUT2D eigenvalue weighted by molar-refractivity contribution is -0.384. The van der Waals surface area contributed by atoms with E-state index >= 15 is 0 Å². The van der Waals surface area contributed by atoms with E-state index in [1.165, 1.54) is 6.07 Å². The molecule has 1 aliphatic rings. The molecule has 2 rings (SSSR count). The quantitative estimate of drug-likeness (QED) is 0.684. The average molecular weight is 315 g/mol. The topological polar surface area (TPSA) is 71.3 Å². The van der Waals surface area contributed by atoms with Gasteiger partial charge in [-0.1, -0.05) is 0 Å². The second-order valence-corrected chi connectivity index (χ2v) is 5.42. The van der Waals surface area contributed by atoms with Crippen molar-refractivity contribution in [3.8, 4) is 0 Å². The van der Waals surface area contributed by atoms with Crippen molar-refractivity contribution in [2.45, 2.75) is 18.9 Å². The summed E-state index contributed by atoms with van der Waals surface area (Å²) in [6.45, 7) is 2.00. The van der Waals surface area contributed by atoms with Crippen molar-refractivity contribution in [2.75, 3.05) is 25.5 Å². The van der Waals surface area contributed by atoms with Crippen molar-refractivity contribution in [2.24, 2.45) is 0 Å². The molecule has 1 aliphatic heterocycles. The summed E-state index contributed by atoms with van der Waals surface area (Å²) in [6, 6.07) is 1.73. The van der Waals surface area contributed by atoms with Crippen molar-refractivity contribution in [1.29, 1.82) is 0 Å². The van der Waals surface area contributed by atoms with Crippen LogP contribution in [0.5, 0.6) is 0 Å². The largest absolute Gasteiger partial charge is 0.362 e. The highest BCUT2D eigenvalue weighted by atomic mass is 79.9. The number of anilines is 1. The summed E-state index contributed by atoms with van der Waals surface area (Å²) >= 11 is 3.20. The third-order valence-electron chi connectivity index (χ3n) is 3.09. The van der Waals surface area contributed by atoms with Crippen LogP contribution in [0.25, 0.3) is 0 Å². The van der Waals surface area contributed by atoms with E-state index < -0.39 is 4.92 Å². The van der Waals surface area contributed by atoms with Gasteiger partial charge >= 0.3 is 5.69 Å².